The summed E-state index contributed by atoms with van der Waals surface area (Å²) in [5, 5.41) is 16.6. The van der Waals surface area contributed by atoms with Gasteiger partial charge in [-0.05, 0) is 56.6 Å². The minimum atomic E-state index is -0.178. The molecule has 30 heavy (non-hydrogen) atoms. The Bertz CT molecular complexity index is 844. The van der Waals surface area contributed by atoms with Crippen LogP contribution in [-0.2, 0) is 13.0 Å². The van der Waals surface area contributed by atoms with Gasteiger partial charge in [0.15, 0.2) is 11.1 Å². The van der Waals surface area contributed by atoms with Gasteiger partial charge in [0.25, 0.3) is 0 Å². The zero-order valence-corrected chi connectivity index (χ0v) is 19.1. The molecule has 2 aromatic rings. The summed E-state index contributed by atoms with van der Waals surface area (Å²) in [7, 11) is 0. The molecule has 0 bridgehead atoms. The Balaban J connectivity index is 1.53. The zero-order valence-electron chi connectivity index (χ0n) is 18.2. The molecule has 8 heteroatoms. The number of aryl methyl sites for hydroxylation is 2. The Labute approximate surface area is 183 Å². The third kappa shape index (κ3) is 5.97. The fourth-order valence-corrected chi connectivity index (χ4v) is 4.49. The van der Waals surface area contributed by atoms with Crippen molar-refractivity contribution in [2.75, 3.05) is 19.3 Å². The van der Waals surface area contributed by atoms with Gasteiger partial charge in [0.2, 0.25) is 0 Å². The Hall–Kier alpha value is -2.09. The summed E-state index contributed by atoms with van der Waals surface area (Å²) in [6.45, 7) is 5.94. The first kappa shape index (κ1) is 22.6. The van der Waals surface area contributed by atoms with Crippen molar-refractivity contribution in [2.24, 2.45) is 4.99 Å². The predicted octanol–water partition coefficient (Wildman–Crippen LogP) is 4.25. The van der Waals surface area contributed by atoms with E-state index in [2.05, 4.69) is 36.6 Å². The molecule has 3 rings (SSSR count). The summed E-state index contributed by atoms with van der Waals surface area (Å²) in [6.07, 6.45) is 8.99. The van der Waals surface area contributed by atoms with E-state index in [4.69, 9.17) is 0 Å². The van der Waals surface area contributed by atoms with Crippen LogP contribution in [0.5, 0.6) is 0 Å². The lowest BCUT2D eigenvalue weighted by molar-refractivity contribution is 0.460. The molecule has 164 valence electrons. The molecule has 1 heterocycles. The van der Waals surface area contributed by atoms with E-state index < -0.39 is 0 Å². The number of thioether (sulfide) groups is 1. The maximum Gasteiger partial charge on any atom is 0.191 e. The fraction of sp³-hybridized carbons (Fsp3) is 0.591. The molecule has 0 atom stereocenters. The van der Waals surface area contributed by atoms with E-state index in [1.165, 1.54) is 31.7 Å². The fourth-order valence-electron chi connectivity index (χ4n) is 3.92. The molecular weight excluding hydrogens is 399 g/mol. The van der Waals surface area contributed by atoms with Gasteiger partial charge in [-0.2, -0.15) is 0 Å². The highest BCUT2D eigenvalue weighted by atomic mass is 32.2. The number of hydrogen-bond donors (Lipinski definition) is 2. The normalized spacial score (nSPS) is 15.0. The van der Waals surface area contributed by atoms with E-state index in [9.17, 15) is 4.39 Å². The van der Waals surface area contributed by atoms with Gasteiger partial charge in [-0.15, -0.1) is 10.2 Å². The van der Waals surface area contributed by atoms with Gasteiger partial charge in [-0.25, -0.2) is 9.38 Å². The number of hydrogen-bond acceptors (Lipinski definition) is 4. The molecule has 0 unspecified atom stereocenters. The average molecular weight is 433 g/mol. The third-order valence-corrected chi connectivity index (χ3v) is 6.11. The highest BCUT2D eigenvalue weighted by Gasteiger charge is 2.23. The van der Waals surface area contributed by atoms with Crippen molar-refractivity contribution in [3.8, 4) is 0 Å². The molecule has 1 saturated carbocycles. The van der Waals surface area contributed by atoms with Crippen molar-refractivity contribution in [3.63, 3.8) is 0 Å². The molecule has 0 amide bonds. The van der Waals surface area contributed by atoms with Crippen LogP contribution in [0, 0.1) is 12.7 Å². The largest absolute Gasteiger partial charge is 0.357 e. The van der Waals surface area contributed by atoms with Crippen molar-refractivity contribution < 1.29 is 4.39 Å². The number of halogens is 1. The number of aliphatic imine (C=N–C) groups is 1. The Morgan fingerprint density at radius 1 is 1.27 bits per heavy atom. The van der Waals surface area contributed by atoms with Crippen LogP contribution >= 0.6 is 11.8 Å². The number of aromatic nitrogens is 3. The average Bonchev–Trinajstić information content (AvgIpc) is 3.40. The summed E-state index contributed by atoms with van der Waals surface area (Å²) < 4.78 is 15.8. The maximum atomic E-state index is 13.4. The zero-order chi connectivity index (χ0) is 21.3. The Morgan fingerprint density at radius 3 is 2.77 bits per heavy atom. The lowest BCUT2D eigenvalue weighted by Gasteiger charge is -2.16. The molecule has 0 aliphatic heterocycles. The summed E-state index contributed by atoms with van der Waals surface area (Å²) in [5.74, 6) is 1.70. The van der Waals surface area contributed by atoms with Crippen LogP contribution in [0.25, 0.3) is 0 Å². The third-order valence-electron chi connectivity index (χ3n) is 5.46. The minimum absolute atomic E-state index is 0.178. The van der Waals surface area contributed by atoms with Gasteiger partial charge in [0, 0.05) is 25.6 Å². The van der Waals surface area contributed by atoms with Crippen LogP contribution in [0.4, 0.5) is 4.39 Å². The van der Waals surface area contributed by atoms with Crippen LogP contribution in [0.2, 0.25) is 0 Å². The van der Waals surface area contributed by atoms with Gasteiger partial charge < -0.3 is 15.2 Å². The van der Waals surface area contributed by atoms with Crippen molar-refractivity contribution in [1.82, 2.24) is 25.4 Å². The van der Waals surface area contributed by atoms with Gasteiger partial charge in [-0.3, -0.25) is 0 Å². The number of nitrogens with one attached hydrogen (secondary N) is 2. The molecular formula is C22H33FN6S. The Morgan fingerprint density at radius 2 is 2.07 bits per heavy atom. The molecule has 0 radical (unpaired) electrons. The van der Waals surface area contributed by atoms with E-state index in [-0.39, 0.29) is 5.82 Å². The van der Waals surface area contributed by atoms with Crippen molar-refractivity contribution in [3.05, 3.63) is 41.0 Å². The summed E-state index contributed by atoms with van der Waals surface area (Å²) in [5.41, 5.74) is 1.65. The molecule has 6 nitrogen and oxygen atoms in total. The molecule has 2 N–H and O–H groups in total. The quantitative estimate of drug-likeness (QED) is 0.268. The maximum absolute atomic E-state index is 13.4. The van der Waals surface area contributed by atoms with Crippen LogP contribution in [0.1, 0.15) is 62.0 Å². The van der Waals surface area contributed by atoms with Crippen molar-refractivity contribution in [1.29, 1.82) is 0 Å². The molecule has 0 saturated heterocycles. The second-order valence-electron chi connectivity index (χ2n) is 7.72. The number of rotatable bonds is 9. The van der Waals surface area contributed by atoms with Gasteiger partial charge >= 0.3 is 0 Å². The molecule has 1 aromatic carbocycles. The molecule has 1 aliphatic rings. The smallest absolute Gasteiger partial charge is 0.191 e. The lowest BCUT2D eigenvalue weighted by atomic mass is 10.1. The van der Waals surface area contributed by atoms with Crippen LogP contribution in [-0.4, -0.2) is 40.1 Å². The highest BCUT2D eigenvalue weighted by molar-refractivity contribution is 7.98. The van der Waals surface area contributed by atoms with Gasteiger partial charge in [0.1, 0.15) is 11.6 Å². The first-order chi connectivity index (χ1) is 14.6. The monoisotopic (exact) mass is 432 g/mol. The second-order valence-corrected chi connectivity index (χ2v) is 8.49. The van der Waals surface area contributed by atoms with Crippen LogP contribution in [0.15, 0.2) is 28.3 Å². The summed E-state index contributed by atoms with van der Waals surface area (Å²) in [6, 6.07) is 5.70. The van der Waals surface area contributed by atoms with E-state index in [1.807, 2.05) is 13.0 Å². The SMILES string of the molecule is CCNC(=NCc1ccc(F)c(C)c1)NCCCc1nnc(SC)n1C1CCCC1. The summed E-state index contributed by atoms with van der Waals surface area (Å²) in [4.78, 5) is 4.63. The standard InChI is InChI=1S/C22H33FN6S/c1-4-24-21(26-15-17-11-12-19(23)16(2)14-17)25-13-7-10-20-27-28-22(30-3)29(20)18-8-5-6-9-18/h11-12,14,18H,4-10,13,15H2,1-3H3,(H2,24,25,26). The first-order valence-corrected chi connectivity index (χ1v) is 12.1. The highest BCUT2D eigenvalue weighted by Crippen LogP contribution is 2.33. The second kappa shape index (κ2) is 11.3. The first-order valence-electron chi connectivity index (χ1n) is 10.9. The summed E-state index contributed by atoms with van der Waals surface area (Å²) >= 11 is 1.68. The van der Waals surface area contributed by atoms with Gasteiger partial charge in [0.05, 0.1) is 6.54 Å². The molecule has 1 fully saturated rings. The molecule has 1 aliphatic carbocycles. The number of benzene rings is 1. The Kier molecular flexibility index (Phi) is 8.54. The van der Waals surface area contributed by atoms with Gasteiger partial charge in [-0.1, -0.05) is 36.7 Å². The van der Waals surface area contributed by atoms with E-state index in [0.29, 0.717) is 18.2 Å². The van der Waals surface area contributed by atoms with Crippen LogP contribution < -0.4 is 10.6 Å². The predicted molar refractivity (Wildman–Crippen MR) is 122 cm³/mol. The van der Waals surface area contributed by atoms with Crippen LogP contribution in [0.3, 0.4) is 0 Å². The van der Waals surface area contributed by atoms with E-state index >= 15 is 0 Å². The van der Waals surface area contributed by atoms with E-state index in [0.717, 1.165) is 48.4 Å². The van der Waals surface area contributed by atoms with E-state index in [1.54, 1.807) is 24.8 Å². The minimum Gasteiger partial charge on any atom is -0.357 e. The molecule has 1 aromatic heterocycles. The van der Waals surface area contributed by atoms with Crippen molar-refractivity contribution >= 4 is 17.7 Å². The molecule has 0 spiro atoms. The topological polar surface area (TPSA) is 67.1 Å². The number of guanidine groups is 1. The number of nitrogens with zero attached hydrogens (tertiary/aromatic N) is 4. The lowest BCUT2D eigenvalue weighted by Crippen LogP contribution is -2.38. The van der Waals surface area contributed by atoms with Crippen molar-refractivity contribution in [2.45, 2.75) is 70.1 Å².